The molecule has 2 aliphatic rings. The SMILES string of the molecule is O=C1[C@@H]2Cc3c([nH]c4ccccc34)[C@@H](c3cccc([N+](=O)[O-])c3)N2C(=O)CN1CCCc1ccccc1. The number of nitrogens with one attached hydrogen (secondary N) is 1. The molecule has 6 rings (SSSR count). The Morgan fingerprint density at radius 3 is 2.57 bits per heavy atom. The van der Waals surface area contributed by atoms with Gasteiger partial charge in [-0.3, -0.25) is 19.7 Å². The van der Waals surface area contributed by atoms with Gasteiger partial charge in [0, 0.05) is 41.7 Å². The number of para-hydroxylation sites is 1. The topological polar surface area (TPSA) is 99.5 Å². The lowest BCUT2D eigenvalue weighted by molar-refractivity contribution is -0.384. The van der Waals surface area contributed by atoms with Crippen molar-refractivity contribution in [1.29, 1.82) is 0 Å². The zero-order chi connectivity index (χ0) is 25.5. The molecule has 1 saturated heterocycles. The molecule has 1 aromatic heterocycles. The Hall–Kier alpha value is -4.46. The average molecular weight is 495 g/mol. The predicted molar refractivity (Wildman–Crippen MR) is 139 cm³/mol. The van der Waals surface area contributed by atoms with Gasteiger partial charge in [0.2, 0.25) is 11.8 Å². The van der Waals surface area contributed by atoms with E-state index in [4.69, 9.17) is 0 Å². The quantitative estimate of drug-likeness (QED) is 0.317. The summed E-state index contributed by atoms with van der Waals surface area (Å²) >= 11 is 0. The number of hydrogen-bond acceptors (Lipinski definition) is 4. The number of nitro groups is 1. The monoisotopic (exact) mass is 494 g/mol. The number of nitrogens with zero attached hydrogens (tertiary/aromatic N) is 3. The number of piperazine rings is 1. The minimum absolute atomic E-state index is 0.00507. The summed E-state index contributed by atoms with van der Waals surface area (Å²) in [7, 11) is 0. The summed E-state index contributed by atoms with van der Waals surface area (Å²) in [5.41, 5.74) is 4.49. The molecule has 8 heteroatoms. The fraction of sp³-hybridized carbons (Fsp3) is 0.241. The fourth-order valence-electron chi connectivity index (χ4n) is 5.79. The fourth-order valence-corrected chi connectivity index (χ4v) is 5.79. The van der Waals surface area contributed by atoms with Crippen LogP contribution in [0.1, 0.15) is 34.8 Å². The number of benzene rings is 3. The Balaban J connectivity index is 1.37. The molecule has 4 aromatic rings. The summed E-state index contributed by atoms with van der Waals surface area (Å²) in [6, 6.07) is 23.1. The first-order valence-corrected chi connectivity index (χ1v) is 12.5. The van der Waals surface area contributed by atoms with Gasteiger partial charge in [0.15, 0.2) is 0 Å². The Morgan fingerprint density at radius 2 is 1.76 bits per heavy atom. The molecule has 3 heterocycles. The molecule has 2 atom stereocenters. The van der Waals surface area contributed by atoms with Crippen molar-refractivity contribution in [1.82, 2.24) is 14.8 Å². The summed E-state index contributed by atoms with van der Waals surface area (Å²) in [5.74, 6) is -0.218. The van der Waals surface area contributed by atoms with Crippen molar-refractivity contribution in [3.05, 3.63) is 111 Å². The molecule has 0 saturated carbocycles. The van der Waals surface area contributed by atoms with Crippen molar-refractivity contribution in [2.75, 3.05) is 13.1 Å². The van der Waals surface area contributed by atoms with E-state index in [9.17, 15) is 19.7 Å². The van der Waals surface area contributed by atoms with Crippen LogP contribution < -0.4 is 0 Å². The number of carbonyl (C=O) groups is 2. The first-order chi connectivity index (χ1) is 18.0. The van der Waals surface area contributed by atoms with E-state index in [0.717, 1.165) is 35.0 Å². The Kier molecular flexibility index (Phi) is 5.71. The third kappa shape index (κ3) is 4.04. The first kappa shape index (κ1) is 23.0. The van der Waals surface area contributed by atoms with Crippen LogP contribution in [0.3, 0.4) is 0 Å². The molecule has 1 N–H and O–H groups in total. The normalized spacial score (nSPS) is 19.1. The van der Waals surface area contributed by atoms with E-state index in [2.05, 4.69) is 17.1 Å². The van der Waals surface area contributed by atoms with Crippen LogP contribution in [0.2, 0.25) is 0 Å². The zero-order valence-corrected chi connectivity index (χ0v) is 20.2. The lowest BCUT2D eigenvalue weighted by Gasteiger charge is -2.47. The predicted octanol–water partition coefficient (Wildman–Crippen LogP) is 4.39. The summed E-state index contributed by atoms with van der Waals surface area (Å²) in [6.45, 7) is 0.511. The van der Waals surface area contributed by atoms with Gasteiger partial charge in [0.25, 0.3) is 5.69 Å². The molecule has 2 amide bonds. The second-order valence-electron chi connectivity index (χ2n) is 9.69. The molecule has 3 aromatic carbocycles. The Labute approximate surface area is 213 Å². The third-order valence-electron chi connectivity index (χ3n) is 7.48. The molecule has 0 aliphatic carbocycles. The van der Waals surface area contributed by atoms with Crippen molar-refractivity contribution < 1.29 is 14.5 Å². The molecule has 8 nitrogen and oxygen atoms in total. The van der Waals surface area contributed by atoms with Gasteiger partial charge in [-0.2, -0.15) is 0 Å². The summed E-state index contributed by atoms with van der Waals surface area (Å²) in [6.07, 6.45) is 2.00. The minimum Gasteiger partial charge on any atom is -0.356 e. The van der Waals surface area contributed by atoms with Crippen molar-refractivity contribution in [3.63, 3.8) is 0 Å². The van der Waals surface area contributed by atoms with E-state index in [-0.39, 0.29) is 24.0 Å². The first-order valence-electron chi connectivity index (χ1n) is 12.5. The third-order valence-corrected chi connectivity index (χ3v) is 7.48. The summed E-state index contributed by atoms with van der Waals surface area (Å²) in [5, 5.41) is 12.5. The van der Waals surface area contributed by atoms with E-state index in [1.165, 1.54) is 17.7 Å². The highest BCUT2D eigenvalue weighted by molar-refractivity contribution is 5.97. The maximum Gasteiger partial charge on any atom is 0.269 e. The van der Waals surface area contributed by atoms with E-state index >= 15 is 0 Å². The van der Waals surface area contributed by atoms with Crippen molar-refractivity contribution in [2.24, 2.45) is 0 Å². The number of fused-ring (bicyclic) bond motifs is 4. The highest BCUT2D eigenvalue weighted by Gasteiger charge is 2.48. The van der Waals surface area contributed by atoms with Gasteiger partial charge in [0.1, 0.15) is 6.04 Å². The van der Waals surface area contributed by atoms with Crippen LogP contribution >= 0.6 is 0 Å². The highest BCUT2D eigenvalue weighted by atomic mass is 16.6. The second kappa shape index (κ2) is 9.20. The Morgan fingerprint density at radius 1 is 0.973 bits per heavy atom. The lowest BCUT2D eigenvalue weighted by atomic mass is 9.86. The van der Waals surface area contributed by atoms with E-state index in [1.807, 2.05) is 42.5 Å². The smallest absolute Gasteiger partial charge is 0.269 e. The molecular weight excluding hydrogens is 468 g/mol. The van der Waals surface area contributed by atoms with Crippen molar-refractivity contribution >= 4 is 28.4 Å². The zero-order valence-electron chi connectivity index (χ0n) is 20.2. The number of aromatic nitrogens is 1. The maximum atomic E-state index is 13.8. The minimum atomic E-state index is -0.658. The van der Waals surface area contributed by atoms with Gasteiger partial charge in [-0.05, 0) is 35.6 Å². The molecule has 37 heavy (non-hydrogen) atoms. The van der Waals surface area contributed by atoms with Crippen LogP contribution in [0.15, 0.2) is 78.9 Å². The van der Waals surface area contributed by atoms with Crippen LogP contribution in [-0.2, 0) is 22.4 Å². The standard InChI is InChI=1S/C29H26N4O4/c34-26-18-31(15-7-10-19-8-2-1-3-9-19)29(35)25-17-23-22-13-4-5-14-24(22)30-27(23)28(32(25)26)20-11-6-12-21(16-20)33(36)37/h1-6,8-9,11-14,16,25,28,30H,7,10,15,17-18H2/t25-,28+/m0/s1. The number of amides is 2. The van der Waals surface area contributed by atoms with Gasteiger partial charge in [-0.25, -0.2) is 0 Å². The van der Waals surface area contributed by atoms with Crippen molar-refractivity contribution in [2.45, 2.75) is 31.3 Å². The van der Waals surface area contributed by atoms with Gasteiger partial charge < -0.3 is 14.8 Å². The molecule has 0 bridgehead atoms. The van der Waals surface area contributed by atoms with E-state index in [1.54, 1.807) is 21.9 Å². The molecule has 0 radical (unpaired) electrons. The van der Waals surface area contributed by atoms with Crippen LogP contribution in [0.4, 0.5) is 5.69 Å². The molecule has 1 fully saturated rings. The number of nitro benzene ring substituents is 1. The Bertz CT molecular complexity index is 1510. The lowest BCUT2D eigenvalue weighted by Crippen LogP contribution is -2.63. The second-order valence-corrected chi connectivity index (χ2v) is 9.69. The number of aryl methyl sites for hydroxylation is 1. The molecule has 0 unspecified atom stereocenters. The van der Waals surface area contributed by atoms with Gasteiger partial charge in [-0.1, -0.05) is 60.7 Å². The number of non-ortho nitro benzene ring substituents is 1. The van der Waals surface area contributed by atoms with Gasteiger partial charge in [0.05, 0.1) is 17.5 Å². The number of H-pyrrole nitrogens is 1. The average Bonchev–Trinajstić information content (AvgIpc) is 3.29. The summed E-state index contributed by atoms with van der Waals surface area (Å²) in [4.78, 5) is 45.3. The van der Waals surface area contributed by atoms with E-state index < -0.39 is 17.0 Å². The van der Waals surface area contributed by atoms with Crippen molar-refractivity contribution in [3.8, 4) is 0 Å². The molecule has 0 spiro atoms. The number of rotatable bonds is 6. The van der Waals surface area contributed by atoms with Crippen LogP contribution in [0, 0.1) is 10.1 Å². The van der Waals surface area contributed by atoms with Gasteiger partial charge in [-0.15, -0.1) is 0 Å². The molecule has 2 aliphatic heterocycles. The number of aromatic amines is 1. The molecular formula is C29H26N4O4. The number of hydrogen-bond donors (Lipinski definition) is 1. The van der Waals surface area contributed by atoms with E-state index in [0.29, 0.717) is 18.5 Å². The largest absolute Gasteiger partial charge is 0.356 e. The van der Waals surface area contributed by atoms with Crippen LogP contribution in [0.5, 0.6) is 0 Å². The van der Waals surface area contributed by atoms with Gasteiger partial charge >= 0.3 is 0 Å². The number of carbonyl (C=O) groups excluding carboxylic acids is 2. The highest BCUT2D eigenvalue weighted by Crippen LogP contribution is 2.43. The summed E-state index contributed by atoms with van der Waals surface area (Å²) < 4.78 is 0. The maximum absolute atomic E-state index is 13.8. The van der Waals surface area contributed by atoms with Crippen LogP contribution in [0.25, 0.3) is 10.9 Å². The molecule has 186 valence electrons. The van der Waals surface area contributed by atoms with Crippen LogP contribution in [-0.4, -0.2) is 50.7 Å².